The standard InChI is InChI=1S/C19H24FN5O4/c1-3-5-6-7-8-14(27)28-12-9-13(29-19(12,4-2)10-26)25-11-22-15-16(21)23-18(20)24-17(15)25/h2,11-13,26H,3,5-10H2,1H3,(H2,21,23,24)/t12-,13+,19+/m0/s1. The molecule has 1 saturated heterocycles. The van der Waals surface area contributed by atoms with E-state index >= 15 is 0 Å². The van der Waals surface area contributed by atoms with Crippen molar-refractivity contribution in [3.63, 3.8) is 0 Å². The van der Waals surface area contributed by atoms with Crippen molar-refractivity contribution < 1.29 is 23.8 Å². The summed E-state index contributed by atoms with van der Waals surface area (Å²) in [7, 11) is 0. The number of carbonyl (C=O) groups is 1. The van der Waals surface area contributed by atoms with E-state index in [1.807, 2.05) is 0 Å². The minimum atomic E-state index is -1.52. The number of esters is 1. The summed E-state index contributed by atoms with van der Waals surface area (Å²) in [5.74, 6) is 1.89. The number of nitrogen functional groups attached to an aromatic ring is 1. The van der Waals surface area contributed by atoms with Crippen molar-refractivity contribution in [1.82, 2.24) is 19.5 Å². The van der Waals surface area contributed by atoms with Crippen molar-refractivity contribution in [2.75, 3.05) is 12.3 Å². The third-order valence-corrected chi connectivity index (χ3v) is 5.00. The first-order valence-corrected chi connectivity index (χ1v) is 9.55. The fourth-order valence-electron chi connectivity index (χ4n) is 3.40. The van der Waals surface area contributed by atoms with Crippen LogP contribution in [0.3, 0.4) is 0 Å². The maximum absolute atomic E-state index is 13.6. The molecule has 1 fully saturated rings. The molecule has 3 rings (SSSR count). The summed E-state index contributed by atoms with van der Waals surface area (Å²) in [5.41, 5.74) is 4.50. The smallest absolute Gasteiger partial charge is 0.312 e. The van der Waals surface area contributed by atoms with Gasteiger partial charge in [0.2, 0.25) is 0 Å². The Bertz CT molecular complexity index is 927. The van der Waals surface area contributed by atoms with E-state index in [0.717, 1.165) is 19.3 Å². The lowest BCUT2D eigenvalue weighted by Crippen LogP contribution is -2.44. The number of nitrogens with zero attached hydrogens (tertiary/aromatic N) is 4. The monoisotopic (exact) mass is 405 g/mol. The molecule has 0 spiro atoms. The zero-order valence-corrected chi connectivity index (χ0v) is 16.2. The van der Waals surface area contributed by atoms with Crippen LogP contribution in [-0.2, 0) is 14.3 Å². The number of ether oxygens (including phenoxy) is 2. The van der Waals surface area contributed by atoms with Gasteiger partial charge in [-0.2, -0.15) is 14.4 Å². The Hall–Kier alpha value is -2.77. The van der Waals surface area contributed by atoms with E-state index in [2.05, 4.69) is 27.8 Å². The van der Waals surface area contributed by atoms with Gasteiger partial charge in [-0.15, -0.1) is 6.42 Å². The highest BCUT2D eigenvalue weighted by Gasteiger charge is 2.51. The number of rotatable bonds is 8. The third-order valence-electron chi connectivity index (χ3n) is 5.00. The van der Waals surface area contributed by atoms with E-state index < -0.39 is 36.6 Å². The van der Waals surface area contributed by atoms with Crippen LogP contribution in [0.4, 0.5) is 10.2 Å². The molecular formula is C19H24FN5O4. The largest absolute Gasteiger partial charge is 0.458 e. The molecule has 156 valence electrons. The highest BCUT2D eigenvalue weighted by molar-refractivity contribution is 5.81. The molecule has 29 heavy (non-hydrogen) atoms. The minimum Gasteiger partial charge on any atom is -0.458 e. The van der Waals surface area contributed by atoms with Crippen molar-refractivity contribution in [3.05, 3.63) is 12.4 Å². The SMILES string of the molecule is C#C[C@]1(CO)O[C@@H](n2cnc3c(N)nc(F)nc32)C[C@@H]1OC(=O)CCCCCC. The Morgan fingerprint density at radius 2 is 2.31 bits per heavy atom. The number of terminal acetylenes is 1. The number of nitrogens with two attached hydrogens (primary N) is 1. The molecule has 10 heteroatoms. The quantitative estimate of drug-likeness (QED) is 0.294. The van der Waals surface area contributed by atoms with Gasteiger partial charge in [0, 0.05) is 12.8 Å². The topological polar surface area (TPSA) is 125 Å². The van der Waals surface area contributed by atoms with Gasteiger partial charge >= 0.3 is 12.0 Å². The molecule has 3 heterocycles. The Balaban J connectivity index is 1.80. The number of carbonyl (C=O) groups excluding carboxylic acids is 1. The number of unbranched alkanes of at least 4 members (excludes halogenated alkanes) is 3. The second-order valence-electron chi connectivity index (χ2n) is 6.99. The molecule has 0 aliphatic carbocycles. The molecule has 1 aliphatic heterocycles. The summed E-state index contributed by atoms with van der Waals surface area (Å²) < 4.78 is 26.5. The second kappa shape index (κ2) is 8.71. The van der Waals surface area contributed by atoms with Gasteiger partial charge in [0.15, 0.2) is 22.6 Å². The first-order valence-electron chi connectivity index (χ1n) is 9.55. The second-order valence-corrected chi connectivity index (χ2v) is 6.99. The highest BCUT2D eigenvalue weighted by atomic mass is 19.1. The summed E-state index contributed by atoms with van der Waals surface area (Å²) in [6.45, 7) is 1.53. The number of halogens is 1. The van der Waals surface area contributed by atoms with Crippen LogP contribution in [0.1, 0.15) is 51.7 Å². The van der Waals surface area contributed by atoms with Crippen LogP contribution >= 0.6 is 0 Å². The molecule has 0 saturated carbocycles. The van der Waals surface area contributed by atoms with Gasteiger partial charge in [0.1, 0.15) is 12.3 Å². The fraction of sp³-hybridized carbons (Fsp3) is 0.579. The lowest BCUT2D eigenvalue weighted by Gasteiger charge is -2.26. The minimum absolute atomic E-state index is 0.107. The lowest BCUT2D eigenvalue weighted by atomic mass is 9.98. The average molecular weight is 405 g/mol. The van der Waals surface area contributed by atoms with Gasteiger partial charge in [-0.1, -0.05) is 32.1 Å². The molecule has 0 unspecified atom stereocenters. The Morgan fingerprint density at radius 1 is 1.52 bits per heavy atom. The summed E-state index contributed by atoms with van der Waals surface area (Å²) in [4.78, 5) is 23.5. The van der Waals surface area contributed by atoms with Crippen molar-refractivity contribution >= 4 is 23.0 Å². The van der Waals surface area contributed by atoms with Crippen molar-refractivity contribution in [1.29, 1.82) is 0 Å². The number of hydrogen-bond acceptors (Lipinski definition) is 8. The number of hydrogen-bond donors (Lipinski definition) is 2. The number of aromatic nitrogens is 4. The third kappa shape index (κ3) is 4.16. The van der Waals surface area contributed by atoms with Crippen molar-refractivity contribution in [2.45, 2.75) is 63.4 Å². The zero-order valence-electron chi connectivity index (χ0n) is 16.2. The van der Waals surface area contributed by atoms with Crippen LogP contribution in [0.25, 0.3) is 11.2 Å². The summed E-state index contributed by atoms with van der Waals surface area (Å²) in [6.07, 6.45) is 8.47. The van der Waals surface area contributed by atoms with E-state index in [1.54, 1.807) is 0 Å². The molecule has 9 nitrogen and oxygen atoms in total. The maximum Gasteiger partial charge on any atom is 0.312 e. The highest BCUT2D eigenvalue weighted by Crippen LogP contribution is 2.39. The molecule has 0 bridgehead atoms. The lowest BCUT2D eigenvalue weighted by molar-refractivity contribution is -0.158. The Labute approximate surface area is 167 Å². The molecule has 2 aromatic rings. The average Bonchev–Trinajstić information content (AvgIpc) is 3.27. The van der Waals surface area contributed by atoms with Gasteiger partial charge < -0.3 is 20.3 Å². The number of imidazole rings is 1. The van der Waals surface area contributed by atoms with E-state index in [1.165, 1.54) is 10.9 Å². The van der Waals surface area contributed by atoms with E-state index in [-0.39, 0.29) is 29.8 Å². The van der Waals surface area contributed by atoms with Crippen LogP contribution in [-0.4, -0.2) is 48.9 Å². The van der Waals surface area contributed by atoms with E-state index in [0.29, 0.717) is 6.42 Å². The first kappa shape index (κ1) is 21.0. The fourth-order valence-corrected chi connectivity index (χ4v) is 3.40. The summed E-state index contributed by atoms with van der Waals surface area (Å²) >= 11 is 0. The summed E-state index contributed by atoms with van der Waals surface area (Å²) in [6, 6.07) is 0. The molecule has 1 aliphatic rings. The first-order chi connectivity index (χ1) is 13.9. The van der Waals surface area contributed by atoms with Gasteiger partial charge in [-0.3, -0.25) is 9.36 Å². The van der Waals surface area contributed by atoms with Crippen molar-refractivity contribution in [2.24, 2.45) is 0 Å². The van der Waals surface area contributed by atoms with Crippen LogP contribution in [0.5, 0.6) is 0 Å². The van der Waals surface area contributed by atoms with Crippen LogP contribution in [0, 0.1) is 18.4 Å². The van der Waals surface area contributed by atoms with Crippen LogP contribution in [0.15, 0.2) is 6.33 Å². The molecule has 2 aromatic heterocycles. The molecule has 0 radical (unpaired) electrons. The molecular weight excluding hydrogens is 381 g/mol. The zero-order chi connectivity index (χ0) is 21.0. The van der Waals surface area contributed by atoms with Gasteiger partial charge in [0.25, 0.3) is 0 Å². The number of aliphatic hydroxyl groups excluding tert-OH is 1. The van der Waals surface area contributed by atoms with Crippen LogP contribution in [0.2, 0.25) is 0 Å². The van der Waals surface area contributed by atoms with Gasteiger partial charge in [-0.05, 0) is 6.42 Å². The Morgan fingerprint density at radius 3 is 3.00 bits per heavy atom. The number of fused-ring (bicyclic) bond motifs is 1. The maximum atomic E-state index is 13.6. The summed E-state index contributed by atoms with van der Waals surface area (Å²) in [5, 5.41) is 9.87. The normalized spacial score (nSPS) is 23.9. The number of anilines is 1. The van der Waals surface area contributed by atoms with Crippen LogP contribution < -0.4 is 5.73 Å². The van der Waals surface area contributed by atoms with Crippen molar-refractivity contribution in [3.8, 4) is 12.3 Å². The van der Waals surface area contributed by atoms with Gasteiger partial charge in [-0.25, -0.2) is 4.98 Å². The van der Waals surface area contributed by atoms with E-state index in [4.69, 9.17) is 21.6 Å². The molecule has 0 amide bonds. The predicted molar refractivity (Wildman–Crippen MR) is 102 cm³/mol. The van der Waals surface area contributed by atoms with Gasteiger partial charge in [0.05, 0.1) is 12.9 Å². The predicted octanol–water partition coefficient (Wildman–Crippen LogP) is 1.71. The Kier molecular flexibility index (Phi) is 6.30. The molecule has 0 aromatic carbocycles. The number of aliphatic hydroxyl groups is 1. The van der Waals surface area contributed by atoms with E-state index in [9.17, 15) is 14.3 Å². The molecule has 3 atom stereocenters. The molecule has 3 N–H and O–H groups in total.